The summed E-state index contributed by atoms with van der Waals surface area (Å²) in [5.74, 6) is -10.6. The van der Waals surface area contributed by atoms with Crippen molar-refractivity contribution in [2.75, 3.05) is 50.6 Å². The number of hydrazone groups is 1. The molecule has 23 heteroatoms. The van der Waals surface area contributed by atoms with Gasteiger partial charge < -0.3 is 74.4 Å². The number of nitrogens with one attached hydrogen (secondary N) is 2. The number of Topliss-reactive ketones (excluding diaryl/α,β-unsaturated/α-hetero) is 1. The number of rotatable bonds is 11. The van der Waals surface area contributed by atoms with Crippen LogP contribution in [0.4, 0.5) is 15.8 Å². The molecule has 4 aromatic rings. The van der Waals surface area contributed by atoms with Crippen LogP contribution in [-0.4, -0.2) is 152 Å². The number of benzene rings is 3. The van der Waals surface area contributed by atoms with E-state index in [9.17, 15) is 54.6 Å². The summed E-state index contributed by atoms with van der Waals surface area (Å²) < 4.78 is 47.9. The number of aromatic carboxylic acids is 1. The number of hydrogen-bond donors (Lipinski definition) is 8. The lowest BCUT2D eigenvalue weighted by atomic mass is 9.78. The highest BCUT2D eigenvalue weighted by molar-refractivity contribution is 6.24. The van der Waals surface area contributed by atoms with Crippen LogP contribution in [0.25, 0.3) is 21.7 Å². The van der Waals surface area contributed by atoms with Crippen molar-refractivity contribution in [2.24, 2.45) is 34.7 Å². The van der Waals surface area contributed by atoms with Crippen LogP contribution in [0.2, 0.25) is 0 Å². The number of carbonyl (C=O) groups is 4. The zero-order valence-corrected chi connectivity index (χ0v) is 50.7. The maximum atomic E-state index is 16.3. The monoisotopic (exact) mass is 1210 g/mol. The van der Waals surface area contributed by atoms with E-state index in [1.807, 2.05) is 4.90 Å². The number of carbonyl (C=O) groups excluding carboxylic acids is 3. The highest BCUT2D eigenvalue weighted by Gasteiger charge is 2.53. The normalized spacial score (nSPS) is 28.1. The van der Waals surface area contributed by atoms with E-state index in [0.717, 1.165) is 38.2 Å². The number of halogens is 1. The highest BCUT2D eigenvalue weighted by atomic mass is 19.1. The number of phenolic OH excluding ortho intramolecular Hbond substituents is 3. The Balaban J connectivity index is 0.924. The van der Waals surface area contributed by atoms with Crippen molar-refractivity contribution in [3.63, 3.8) is 0 Å². The molecule has 1 amide bonds. The second-order valence-electron chi connectivity index (χ2n) is 24.8. The van der Waals surface area contributed by atoms with E-state index in [2.05, 4.69) is 10.6 Å². The maximum absolute atomic E-state index is 16.3. The van der Waals surface area contributed by atoms with E-state index in [1.54, 1.807) is 49.4 Å². The number of anilines is 2. The Morgan fingerprint density at radius 1 is 0.908 bits per heavy atom. The summed E-state index contributed by atoms with van der Waals surface area (Å²) in [4.78, 5) is 68.8. The molecule has 468 valence electrons. The second kappa shape index (κ2) is 24.1. The van der Waals surface area contributed by atoms with Crippen LogP contribution in [-0.2, 0) is 23.8 Å². The number of methoxy groups -OCH3 is 2. The van der Waals surface area contributed by atoms with E-state index < -0.39 is 112 Å². The van der Waals surface area contributed by atoms with Crippen LogP contribution in [0, 0.1) is 42.3 Å². The van der Waals surface area contributed by atoms with Gasteiger partial charge in [0.05, 0.1) is 71.0 Å². The molecular formula is C64H79FN6O16. The number of ether oxygens (including phenoxy) is 5. The number of nitrogens with zero attached hydrogens (tertiary/aromatic N) is 4. The molecule has 1 aromatic heterocycles. The summed E-state index contributed by atoms with van der Waals surface area (Å²) in [5, 5.41) is 82.2. The molecular weight excluding hydrogens is 1130 g/mol. The number of aliphatic hydroxyl groups is 2. The average molecular weight is 1210 g/mol. The lowest BCUT2D eigenvalue weighted by Crippen LogP contribution is -2.49. The van der Waals surface area contributed by atoms with Gasteiger partial charge in [0.15, 0.2) is 17.3 Å². The maximum Gasteiger partial charge on any atom is 0.341 e. The molecule has 22 nitrogen and oxygen atoms in total. The SMILES string of the molecule is COc1c(N2CCC(C3(NC4CCN(N=Cc5c6c(O)c7c(O)c(C)c8c(c7c5O)C(=O)[C@@](C)(OC=C[C@H](OC)[C@@H](C)[C@@H](OC(C)=O)[C@H](C)[C@H](O)[C@H](C)[C@@H](O)[C@@H](C)C=CC=C(C)C(=O)N6)O8)CC4)CC3)C2)c(F)cc2c(=O)c(C(=O)O)cn(C3CC3)c12. The molecule has 5 bridgehead atoms. The van der Waals surface area contributed by atoms with Gasteiger partial charge >= 0.3 is 17.7 Å². The molecule has 10 atom stereocenters. The third kappa shape index (κ3) is 11.5. The van der Waals surface area contributed by atoms with Crippen LogP contribution in [0.3, 0.4) is 0 Å². The number of esters is 1. The first kappa shape index (κ1) is 62.3. The first-order valence-corrected chi connectivity index (χ1v) is 29.8. The Morgan fingerprint density at radius 2 is 1.61 bits per heavy atom. The van der Waals surface area contributed by atoms with Crippen LogP contribution < -0.4 is 30.4 Å². The number of carboxylic acid groups (broad SMARTS) is 1. The lowest BCUT2D eigenvalue weighted by Gasteiger charge is -2.38. The van der Waals surface area contributed by atoms with Gasteiger partial charge in [0.25, 0.3) is 11.7 Å². The third-order valence-electron chi connectivity index (χ3n) is 19.0. The fraction of sp³-hybridized carbons (Fsp3) is 0.531. The first-order chi connectivity index (χ1) is 41.3. The number of phenols is 3. The van der Waals surface area contributed by atoms with Crippen LogP contribution >= 0.6 is 0 Å². The van der Waals surface area contributed by atoms with E-state index in [0.29, 0.717) is 44.5 Å². The molecule has 7 aliphatic rings. The van der Waals surface area contributed by atoms with E-state index in [-0.39, 0.29) is 84.8 Å². The molecule has 2 saturated carbocycles. The Bertz CT molecular complexity index is 3620. The van der Waals surface area contributed by atoms with Gasteiger partial charge in [-0.05, 0) is 76.9 Å². The summed E-state index contributed by atoms with van der Waals surface area (Å²) in [6.45, 7) is 14.4. The number of carboxylic acids is 1. The van der Waals surface area contributed by atoms with Gasteiger partial charge in [-0.25, -0.2) is 9.18 Å². The summed E-state index contributed by atoms with van der Waals surface area (Å²) in [7, 11) is 2.86. The van der Waals surface area contributed by atoms with Crippen molar-refractivity contribution in [1.82, 2.24) is 14.9 Å². The molecule has 2 aliphatic carbocycles. The quantitative estimate of drug-likeness (QED) is 0.0309. The predicted molar refractivity (Wildman–Crippen MR) is 321 cm³/mol. The number of ketones is 1. The first-order valence-electron chi connectivity index (χ1n) is 29.8. The average Bonchev–Trinajstić information content (AvgIpc) is 1.83. The van der Waals surface area contributed by atoms with Crippen molar-refractivity contribution >= 4 is 62.9 Å². The number of piperidine rings is 1. The second-order valence-corrected chi connectivity index (χ2v) is 24.8. The Labute approximate surface area is 502 Å². The zero-order chi connectivity index (χ0) is 62.9. The molecule has 6 heterocycles. The number of aliphatic hydroxyl groups excluding tert-OH is 2. The predicted octanol–water partition coefficient (Wildman–Crippen LogP) is 7.70. The summed E-state index contributed by atoms with van der Waals surface area (Å²) in [6.07, 6.45) is 11.4. The molecule has 4 fully saturated rings. The van der Waals surface area contributed by atoms with Crippen molar-refractivity contribution in [3.05, 3.63) is 86.7 Å². The number of amides is 1. The largest absolute Gasteiger partial charge is 0.507 e. The molecule has 11 rings (SSSR count). The van der Waals surface area contributed by atoms with Crippen molar-refractivity contribution < 1.29 is 77.9 Å². The number of aromatic hydroxyl groups is 3. The van der Waals surface area contributed by atoms with Gasteiger partial charge in [0, 0.05) is 111 Å². The Morgan fingerprint density at radius 3 is 2.24 bits per heavy atom. The fourth-order valence-corrected chi connectivity index (χ4v) is 13.5. The van der Waals surface area contributed by atoms with Gasteiger partial charge in [-0.3, -0.25) is 24.2 Å². The number of pyridine rings is 1. The van der Waals surface area contributed by atoms with E-state index in [1.165, 1.54) is 72.7 Å². The van der Waals surface area contributed by atoms with Gasteiger partial charge in [-0.1, -0.05) is 45.9 Å². The van der Waals surface area contributed by atoms with E-state index in [4.69, 9.17) is 28.8 Å². The smallest absolute Gasteiger partial charge is 0.341 e. The zero-order valence-electron chi connectivity index (χ0n) is 50.7. The van der Waals surface area contributed by atoms with Crippen LogP contribution in [0.15, 0.2) is 58.3 Å². The molecule has 1 unspecified atom stereocenters. The van der Waals surface area contributed by atoms with Crippen molar-refractivity contribution in [3.8, 4) is 28.7 Å². The summed E-state index contributed by atoms with van der Waals surface area (Å²) >= 11 is 0. The lowest BCUT2D eigenvalue weighted by molar-refractivity contribution is -0.160. The highest BCUT2D eigenvalue weighted by Crippen LogP contribution is 2.56. The van der Waals surface area contributed by atoms with Crippen LogP contribution in [0.5, 0.6) is 28.7 Å². The Kier molecular flexibility index (Phi) is 17.3. The van der Waals surface area contributed by atoms with Gasteiger partial charge in [-0.2, -0.15) is 5.10 Å². The van der Waals surface area contributed by atoms with Crippen LogP contribution in [0.1, 0.15) is 131 Å². The summed E-state index contributed by atoms with van der Waals surface area (Å²) in [6, 6.07) is 1.19. The topological polar surface area (TPSA) is 301 Å². The molecule has 8 N–H and O–H groups in total. The summed E-state index contributed by atoms with van der Waals surface area (Å²) in [5.41, 5.74) is -1.36. The van der Waals surface area contributed by atoms with Gasteiger partial charge in [-0.15, -0.1) is 0 Å². The fourth-order valence-electron chi connectivity index (χ4n) is 13.5. The number of fused-ring (bicyclic) bond motifs is 15. The number of allylic oxidation sites excluding steroid dienone is 2. The van der Waals surface area contributed by atoms with E-state index >= 15 is 4.39 Å². The molecule has 0 spiro atoms. The molecule has 87 heavy (non-hydrogen) atoms. The Hall–Kier alpha value is -7.73. The number of aromatic nitrogens is 1. The molecule has 3 aromatic carbocycles. The number of hydrogen-bond acceptors (Lipinski definition) is 19. The van der Waals surface area contributed by atoms with Crippen molar-refractivity contribution in [1.29, 1.82) is 0 Å². The molecule has 2 saturated heterocycles. The van der Waals surface area contributed by atoms with Gasteiger partial charge in [0.1, 0.15) is 34.6 Å². The van der Waals surface area contributed by atoms with Gasteiger partial charge in [0.2, 0.25) is 5.43 Å². The van der Waals surface area contributed by atoms with Crippen molar-refractivity contribution in [2.45, 2.75) is 148 Å². The minimum Gasteiger partial charge on any atom is -0.507 e. The molecule has 5 aliphatic heterocycles. The minimum atomic E-state index is -2.11. The third-order valence-corrected chi connectivity index (χ3v) is 19.0. The molecule has 0 radical (unpaired) electrons. The standard InChI is InChI=1S/C64H79FN6O16/c1-30-12-11-13-31(2)61(80)67-48-41(55(77)45-46(56(48)78)53(75)35(6)58-47(45)60(79)63(8,87-58)85-25-19-44(83-9)32(3)57(86-36(7)72)34(5)52(74)33(4)51(30)73)27-66-70-23-17-38(18-24-70)68-64(20-21-64)37-16-22-69(28-37)50-43(65)26-40-49(59(50)84-10)71(39-14-15-39)29-42(54(40)76)62(81)82/h11-13,19,25-27,29-30,32-34,37-39,44,51-52,57,68,73-75,77-78H,14-18,20-24,28H2,1-10H3,(H,67,80)(H,81,82)/t30-,32+,33+,34+,37?,44-,51-,52+,57+,63-/m0/s1. The minimum absolute atomic E-state index is 0.0157.